The van der Waals surface area contributed by atoms with Crippen molar-refractivity contribution in [2.75, 3.05) is 0 Å². The van der Waals surface area contributed by atoms with Crippen molar-refractivity contribution in [3.8, 4) is 0 Å². The standard InChI is InChI=1S/C12H16O/c1-4-12(13)8-5-6-11(3)9(7(8)2)10(11)12/h4,8-10,13H,1-2,5-6H2,3H3/t8-,9+,10-,11+,12-/m0/s1. The second-order valence-electron chi connectivity index (χ2n) is 5.22. The topological polar surface area (TPSA) is 20.2 Å². The average molecular weight is 176 g/mol. The molecule has 0 radical (unpaired) electrons. The molecule has 4 bridgehead atoms. The van der Waals surface area contributed by atoms with E-state index in [2.05, 4.69) is 20.1 Å². The lowest BCUT2D eigenvalue weighted by Crippen LogP contribution is -2.42. The van der Waals surface area contributed by atoms with E-state index in [0.717, 1.165) is 6.42 Å². The first-order valence-corrected chi connectivity index (χ1v) is 5.10. The van der Waals surface area contributed by atoms with Crippen LogP contribution in [0.2, 0.25) is 0 Å². The van der Waals surface area contributed by atoms with E-state index in [-0.39, 0.29) is 0 Å². The van der Waals surface area contributed by atoms with Crippen LogP contribution in [0.4, 0.5) is 0 Å². The van der Waals surface area contributed by atoms with Crippen LogP contribution in [0.25, 0.3) is 0 Å². The van der Waals surface area contributed by atoms with E-state index in [9.17, 15) is 5.11 Å². The Morgan fingerprint density at radius 3 is 2.69 bits per heavy atom. The molecule has 4 saturated carbocycles. The van der Waals surface area contributed by atoms with Crippen LogP contribution in [0, 0.1) is 23.2 Å². The van der Waals surface area contributed by atoms with Gasteiger partial charge in [-0.1, -0.05) is 25.2 Å². The molecule has 0 spiro atoms. The van der Waals surface area contributed by atoms with Crippen LogP contribution in [-0.4, -0.2) is 10.7 Å². The molecule has 0 aliphatic heterocycles. The molecule has 13 heavy (non-hydrogen) atoms. The molecule has 0 saturated heterocycles. The zero-order valence-corrected chi connectivity index (χ0v) is 8.09. The van der Waals surface area contributed by atoms with Gasteiger partial charge < -0.3 is 5.11 Å². The summed E-state index contributed by atoms with van der Waals surface area (Å²) in [4.78, 5) is 0. The molecule has 0 aromatic rings. The second kappa shape index (κ2) is 1.78. The minimum absolute atomic E-state index is 0.307. The lowest BCUT2D eigenvalue weighted by Gasteiger charge is -2.40. The van der Waals surface area contributed by atoms with Crippen molar-refractivity contribution in [1.82, 2.24) is 0 Å². The fraction of sp³-hybridized carbons (Fsp3) is 0.667. The van der Waals surface area contributed by atoms with Crippen LogP contribution in [-0.2, 0) is 0 Å². The summed E-state index contributed by atoms with van der Waals surface area (Å²) in [6.07, 6.45) is 4.13. The number of aliphatic hydroxyl groups is 1. The summed E-state index contributed by atoms with van der Waals surface area (Å²) >= 11 is 0. The van der Waals surface area contributed by atoms with Crippen molar-refractivity contribution in [2.45, 2.75) is 25.4 Å². The highest BCUT2D eigenvalue weighted by atomic mass is 16.3. The third kappa shape index (κ3) is 0.566. The Balaban J connectivity index is 2.14. The molecule has 4 fully saturated rings. The van der Waals surface area contributed by atoms with E-state index in [1.54, 1.807) is 6.08 Å². The average Bonchev–Trinajstić information content (AvgIpc) is 2.67. The van der Waals surface area contributed by atoms with Crippen LogP contribution < -0.4 is 0 Å². The van der Waals surface area contributed by atoms with Crippen LogP contribution in [0.3, 0.4) is 0 Å². The van der Waals surface area contributed by atoms with Gasteiger partial charge in [-0.05, 0) is 24.2 Å². The Bertz CT molecular complexity index is 319. The van der Waals surface area contributed by atoms with Gasteiger partial charge >= 0.3 is 0 Å². The van der Waals surface area contributed by atoms with E-state index >= 15 is 0 Å². The molecule has 5 atom stereocenters. The quantitative estimate of drug-likeness (QED) is 0.607. The number of rotatable bonds is 1. The zero-order valence-electron chi connectivity index (χ0n) is 8.09. The largest absolute Gasteiger partial charge is 0.385 e. The lowest BCUT2D eigenvalue weighted by atomic mass is 9.68. The summed E-state index contributed by atoms with van der Waals surface area (Å²) < 4.78 is 0. The van der Waals surface area contributed by atoms with Gasteiger partial charge in [0.05, 0.1) is 5.60 Å². The normalized spacial score (nSPS) is 62.3. The van der Waals surface area contributed by atoms with Crippen LogP contribution >= 0.6 is 0 Å². The molecule has 1 nitrogen and oxygen atoms in total. The van der Waals surface area contributed by atoms with Gasteiger partial charge in [0, 0.05) is 11.8 Å². The molecule has 0 aromatic carbocycles. The van der Waals surface area contributed by atoms with Gasteiger partial charge in [-0.2, -0.15) is 0 Å². The van der Waals surface area contributed by atoms with E-state index in [1.807, 2.05) is 0 Å². The molecule has 1 N–H and O–H groups in total. The van der Waals surface area contributed by atoms with Gasteiger partial charge in [-0.15, -0.1) is 6.58 Å². The molecule has 4 rings (SSSR count). The number of hydrogen-bond acceptors (Lipinski definition) is 1. The summed E-state index contributed by atoms with van der Waals surface area (Å²) in [5, 5.41) is 10.5. The Kier molecular flexibility index (Phi) is 1.07. The third-order valence-electron chi connectivity index (χ3n) is 4.85. The van der Waals surface area contributed by atoms with Crippen LogP contribution in [0.15, 0.2) is 24.8 Å². The van der Waals surface area contributed by atoms with Crippen LogP contribution in [0.1, 0.15) is 19.8 Å². The molecule has 0 amide bonds. The minimum atomic E-state index is -0.616. The minimum Gasteiger partial charge on any atom is -0.385 e. The molecule has 0 heterocycles. The molecule has 0 aromatic heterocycles. The highest BCUT2D eigenvalue weighted by Gasteiger charge is 2.78. The second-order valence-corrected chi connectivity index (χ2v) is 5.22. The maximum Gasteiger partial charge on any atom is 0.0929 e. The predicted molar refractivity (Wildman–Crippen MR) is 52.1 cm³/mol. The van der Waals surface area contributed by atoms with Crippen LogP contribution in [0.5, 0.6) is 0 Å². The first kappa shape index (κ1) is 7.81. The van der Waals surface area contributed by atoms with E-state index in [4.69, 9.17) is 0 Å². The van der Waals surface area contributed by atoms with Gasteiger partial charge in [0.1, 0.15) is 0 Å². The van der Waals surface area contributed by atoms with Gasteiger partial charge in [-0.25, -0.2) is 0 Å². The van der Waals surface area contributed by atoms with Crippen molar-refractivity contribution in [3.05, 3.63) is 24.8 Å². The number of fused-ring (bicyclic) bond motifs is 1. The lowest BCUT2D eigenvalue weighted by molar-refractivity contribution is -0.00892. The van der Waals surface area contributed by atoms with Crippen molar-refractivity contribution >= 4 is 0 Å². The first-order chi connectivity index (χ1) is 6.05. The van der Waals surface area contributed by atoms with Crippen molar-refractivity contribution in [2.24, 2.45) is 23.2 Å². The molecule has 70 valence electrons. The fourth-order valence-corrected chi connectivity index (χ4v) is 4.18. The zero-order chi connectivity index (χ0) is 9.43. The van der Waals surface area contributed by atoms with Gasteiger partial charge in [0.15, 0.2) is 0 Å². The molecule has 0 unspecified atom stereocenters. The van der Waals surface area contributed by atoms with Crippen molar-refractivity contribution in [1.29, 1.82) is 0 Å². The number of hydrogen-bond donors (Lipinski definition) is 1. The summed E-state index contributed by atoms with van der Waals surface area (Å²) in [6.45, 7) is 10.2. The molecule has 4 aliphatic carbocycles. The molecular weight excluding hydrogens is 160 g/mol. The monoisotopic (exact) mass is 176 g/mol. The predicted octanol–water partition coefficient (Wildman–Crippen LogP) is 2.14. The van der Waals surface area contributed by atoms with Gasteiger partial charge in [0.25, 0.3) is 0 Å². The summed E-state index contributed by atoms with van der Waals surface area (Å²) in [5.41, 5.74) is 1.03. The van der Waals surface area contributed by atoms with Crippen molar-refractivity contribution < 1.29 is 5.11 Å². The fourth-order valence-electron chi connectivity index (χ4n) is 4.18. The maximum absolute atomic E-state index is 10.5. The smallest absolute Gasteiger partial charge is 0.0929 e. The maximum atomic E-state index is 10.5. The molecule has 1 heteroatoms. The van der Waals surface area contributed by atoms with Crippen molar-refractivity contribution in [3.63, 3.8) is 0 Å². The van der Waals surface area contributed by atoms with E-state index in [1.165, 1.54) is 12.0 Å². The first-order valence-electron chi connectivity index (χ1n) is 5.10. The Morgan fingerprint density at radius 2 is 2.31 bits per heavy atom. The Hall–Kier alpha value is -0.560. The summed E-state index contributed by atoms with van der Waals surface area (Å²) in [6, 6.07) is 0. The SMILES string of the molecule is C=C[C@@]1(O)[C@H]2[C@H]3C(=C)[C@@H]1CC[C@]32C. The molecular formula is C12H16O. The van der Waals surface area contributed by atoms with Gasteiger partial charge in [0.2, 0.25) is 0 Å². The Morgan fingerprint density at radius 1 is 1.62 bits per heavy atom. The Labute approximate surface area is 79.2 Å². The van der Waals surface area contributed by atoms with Gasteiger partial charge in [-0.3, -0.25) is 0 Å². The summed E-state index contributed by atoms with van der Waals surface area (Å²) in [7, 11) is 0. The highest BCUT2D eigenvalue weighted by molar-refractivity contribution is 5.43. The highest BCUT2D eigenvalue weighted by Crippen LogP contribution is 2.80. The van der Waals surface area contributed by atoms with E-state index in [0.29, 0.717) is 23.2 Å². The molecule has 4 aliphatic rings. The summed E-state index contributed by atoms with van der Waals surface area (Å²) in [5.74, 6) is 1.33. The van der Waals surface area contributed by atoms with E-state index < -0.39 is 5.60 Å². The third-order valence-corrected chi connectivity index (χ3v) is 4.85.